The Hall–Kier alpha value is -1.82. The number of benzene rings is 2. The van der Waals surface area contributed by atoms with E-state index in [9.17, 15) is 8.78 Å². The molecule has 0 aliphatic carbocycles. The van der Waals surface area contributed by atoms with Gasteiger partial charge in [-0.25, -0.2) is 8.78 Å². The van der Waals surface area contributed by atoms with Crippen LogP contribution < -0.4 is 14.8 Å². The second kappa shape index (κ2) is 6.76. The third kappa shape index (κ3) is 3.44. The molecular formula is C15H14BrF2NO2. The molecule has 0 atom stereocenters. The first-order chi connectivity index (χ1) is 10.1. The number of halogens is 3. The van der Waals surface area contributed by atoms with E-state index in [1.54, 1.807) is 18.2 Å². The van der Waals surface area contributed by atoms with Gasteiger partial charge in [-0.1, -0.05) is 0 Å². The first-order valence-corrected chi connectivity index (χ1v) is 6.94. The summed E-state index contributed by atoms with van der Waals surface area (Å²) in [7, 11) is 3.06. The van der Waals surface area contributed by atoms with Gasteiger partial charge in [0.05, 0.1) is 18.7 Å². The van der Waals surface area contributed by atoms with Crippen LogP contribution in [0, 0.1) is 11.6 Å². The third-order valence-electron chi connectivity index (χ3n) is 2.99. The number of methoxy groups -OCH3 is 2. The molecule has 0 spiro atoms. The summed E-state index contributed by atoms with van der Waals surface area (Å²) < 4.78 is 38.0. The Bertz CT molecular complexity index is 650. The van der Waals surface area contributed by atoms with E-state index in [0.717, 1.165) is 0 Å². The topological polar surface area (TPSA) is 30.5 Å². The van der Waals surface area contributed by atoms with Gasteiger partial charge in [0.25, 0.3) is 0 Å². The number of rotatable bonds is 5. The highest BCUT2D eigenvalue weighted by Gasteiger charge is 2.12. The minimum Gasteiger partial charge on any atom is -0.493 e. The zero-order chi connectivity index (χ0) is 15.4. The van der Waals surface area contributed by atoms with E-state index in [0.29, 0.717) is 17.2 Å². The fourth-order valence-corrected chi connectivity index (χ4v) is 2.24. The highest BCUT2D eigenvalue weighted by Crippen LogP contribution is 2.30. The summed E-state index contributed by atoms with van der Waals surface area (Å²) in [6.45, 7) is 0.0204. The first-order valence-electron chi connectivity index (χ1n) is 6.15. The Labute approximate surface area is 130 Å². The average Bonchev–Trinajstić information content (AvgIpc) is 2.50. The number of nitrogens with one attached hydrogen (secondary N) is 1. The summed E-state index contributed by atoms with van der Waals surface area (Å²) in [6, 6.07) is 7.72. The SMILES string of the molecule is COc1ccc(NCc2c(F)ccc(Br)c2F)cc1OC. The van der Waals surface area contributed by atoms with E-state index >= 15 is 0 Å². The molecular weight excluding hydrogens is 344 g/mol. The quantitative estimate of drug-likeness (QED) is 0.806. The fraction of sp³-hybridized carbons (Fsp3) is 0.200. The van der Waals surface area contributed by atoms with Crippen LogP contribution in [0.25, 0.3) is 0 Å². The van der Waals surface area contributed by atoms with Crippen molar-refractivity contribution in [3.05, 3.63) is 52.0 Å². The molecule has 2 aromatic rings. The van der Waals surface area contributed by atoms with E-state index in [2.05, 4.69) is 21.2 Å². The predicted octanol–water partition coefficient (Wildman–Crippen LogP) is 4.36. The minimum absolute atomic E-state index is 0.0204. The summed E-state index contributed by atoms with van der Waals surface area (Å²) in [5, 5.41) is 2.96. The lowest BCUT2D eigenvalue weighted by Gasteiger charge is -2.12. The number of hydrogen-bond acceptors (Lipinski definition) is 3. The summed E-state index contributed by atoms with van der Waals surface area (Å²) in [5.74, 6) is -0.0767. The van der Waals surface area contributed by atoms with Crippen LogP contribution in [0.3, 0.4) is 0 Å². The zero-order valence-electron chi connectivity index (χ0n) is 11.5. The van der Waals surface area contributed by atoms with E-state index in [1.165, 1.54) is 26.4 Å². The molecule has 6 heteroatoms. The van der Waals surface area contributed by atoms with Crippen molar-refractivity contribution in [3.8, 4) is 11.5 Å². The van der Waals surface area contributed by atoms with Crippen molar-refractivity contribution in [2.75, 3.05) is 19.5 Å². The fourth-order valence-electron chi connectivity index (χ4n) is 1.87. The lowest BCUT2D eigenvalue weighted by molar-refractivity contribution is 0.355. The van der Waals surface area contributed by atoms with Crippen LogP contribution in [0.1, 0.15) is 5.56 Å². The van der Waals surface area contributed by atoms with Gasteiger partial charge in [0.15, 0.2) is 11.5 Å². The number of anilines is 1. The van der Waals surface area contributed by atoms with Crippen LogP contribution in [-0.4, -0.2) is 14.2 Å². The molecule has 0 radical (unpaired) electrons. The van der Waals surface area contributed by atoms with Crippen molar-refractivity contribution >= 4 is 21.6 Å². The number of ether oxygens (including phenoxy) is 2. The molecule has 2 rings (SSSR count). The van der Waals surface area contributed by atoms with Crippen molar-refractivity contribution in [1.29, 1.82) is 0 Å². The number of hydrogen-bond donors (Lipinski definition) is 1. The lowest BCUT2D eigenvalue weighted by atomic mass is 10.2. The standard InChI is InChI=1S/C15H14BrF2NO2/c1-20-13-6-3-9(7-14(13)21-2)19-8-10-12(17)5-4-11(16)15(10)18/h3-7,19H,8H2,1-2H3. The van der Waals surface area contributed by atoms with Crippen LogP contribution in [0.15, 0.2) is 34.8 Å². The average molecular weight is 358 g/mol. The molecule has 112 valence electrons. The molecule has 0 aliphatic rings. The molecule has 21 heavy (non-hydrogen) atoms. The largest absolute Gasteiger partial charge is 0.493 e. The monoisotopic (exact) mass is 357 g/mol. The van der Waals surface area contributed by atoms with Crippen molar-refractivity contribution in [1.82, 2.24) is 0 Å². The smallest absolute Gasteiger partial charge is 0.162 e. The van der Waals surface area contributed by atoms with Gasteiger partial charge in [-0.15, -0.1) is 0 Å². The van der Waals surface area contributed by atoms with E-state index in [4.69, 9.17) is 9.47 Å². The van der Waals surface area contributed by atoms with Gasteiger partial charge >= 0.3 is 0 Å². The summed E-state index contributed by atoms with van der Waals surface area (Å²) in [5.41, 5.74) is 0.644. The normalized spacial score (nSPS) is 10.3. The van der Waals surface area contributed by atoms with Gasteiger partial charge in [-0.3, -0.25) is 0 Å². The van der Waals surface area contributed by atoms with Gasteiger partial charge in [0, 0.05) is 23.9 Å². The maximum Gasteiger partial charge on any atom is 0.162 e. The van der Waals surface area contributed by atoms with Crippen LogP contribution in [-0.2, 0) is 6.54 Å². The molecule has 0 aromatic heterocycles. The molecule has 0 bridgehead atoms. The van der Waals surface area contributed by atoms with Crippen molar-refractivity contribution in [2.24, 2.45) is 0 Å². The van der Waals surface area contributed by atoms with E-state index in [-0.39, 0.29) is 16.6 Å². The summed E-state index contributed by atoms with van der Waals surface area (Å²) in [4.78, 5) is 0. The molecule has 2 aromatic carbocycles. The Balaban J connectivity index is 2.19. The molecule has 0 saturated heterocycles. The van der Waals surface area contributed by atoms with Crippen molar-refractivity contribution in [3.63, 3.8) is 0 Å². The minimum atomic E-state index is -0.608. The van der Waals surface area contributed by atoms with Crippen LogP contribution >= 0.6 is 15.9 Å². The highest BCUT2D eigenvalue weighted by atomic mass is 79.9. The van der Waals surface area contributed by atoms with Gasteiger partial charge < -0.3 is 14.8 Å². The van der Waals surface area contributed by atoms with Gasteiger partial charge in [-0.2, -0.15) is 0 Å². The summed E-state index contributed by atoms with van der Waals surface area (Å²) in [6.07, 6.45) is 0. The Morgan fingerprint density at radius 3 is 2.43 bits per heavy atom. The molecule has 0 fully saturated rings. The maximum absolute atomic E-state index is 13.9. The molecule has 0 aliphatic heterocycles. The molecule has 0 heterocycles. The molecule has 0 saturated carbocycles. The van der Waals surface area contributed by atoms with Crippen LogP contribution in [0.2, 0.25) is 0 Å². The second-order valence-electron chi connectivity index (χ2n) is 4.25. The molecule has 0 unspecified atom stereocenters. The molecule has 0 amide bonds. The van der Waals surface area contributed by atoms with E-state index < -0.39 is 11.6 Å². The maximum atomic E-state index is 13.9. The van der Waals surface area contributed by atoms with Crippen molar-refractivity contribution in [2.45, 2.75) is 6.54 Å². The van der Waals surface area contributed by atoms with Crippen molar-refractivity contribution < 1.29 is 18.3 Å². The van der Waals surface area contributed by atoms with Gasteiger partial charge in [0.2, 0.25) is 0 Å². The predicted molar refractivity (Wildman–Crippen MR) is 80.9 cm³/mol. The Morgan fingerprint density at radius 2 is 1.76 bits per heavy atom. The Morgan fingerprint density at radius 1 is 1.05 bits per heavy atom. The van der Waals surface area contributed by atoms with E-state index in [1.807, 2.05) is 0 Å². The second-order valence-corrected chi connectivity index (χ2v) is 5.10. The van der Waals surface area contributed by atoms with Crippen LogP contribution in [0.5, 0.6) is 11.5 Å². The lowest BCUT2D eigenvalue weighted by Crippen LogP contribution is -2.05. The Kier molecular flexibility index (Phi) is 5.01. The summed E-state index contributed by atoms with van der Waals surface area (Å²) >= 11 is 3.04. The van der Waals surface area contributed by atoms with Crippen LogP contribution in [0.4, 0.5) is 14.5 Å². The third-order valence-corrected chi connectivity index (χ3v) is 3.60. The molecule has 3 nitrogen and oxygen atoms in total. The highest BCUT2D eigenvalue weighted by molar-refractivity contribution is 9.10. The first kappa shape index (κ1) is 15.6. The van der Waals surface area contributed by atoms with Gasteiger partial charge in [0.1, 0.15) is 11.6 Å². The zero-order valence-corrected chi connectivity index (χ0v) is 13.1. The van der Waals surface area contributed by atoms with Gasteiger partial charge in [-0.05, 0) is 40.2 Å². The molecule has 1 N–H and O–H groups in total.